The third-order valence-corrected chi connectivity index (χ3v) is 4.04. The highest BCUT2D eigenvalue weighted by atomic mass is 127. The van der Waals surface area contributed by atoms with Gasteiger partial charge in [-0.1, -0.05) is 24.6 Å². The van der Waals surface area contributed by atoms with E-state index in [-0.39, 0.29) is 24.0 Å². The molecule has 0 spiro atoms. The normalized spacial score (nSPS) is 12.7. The number of hydrogen-bond donors (Lipinski definition) is 2. The molecule has 0 aromatic carbocycles. The molecule has 0 fully saturated rings. The number of nitrogens with zero attached hydrogens (tertiary/aromatic N) is 3. The summed E-state index contributed by atoms with van der Waals surface area (Å²) >= 11 is 5.77. The Hall–Kier alpha value is -0.600. The summed E-state index contributed by atoms with van der Waals surface area (Å²) in [5.74, 6) is 0.833. The lowest BCUT2D eigenvalue weighted by Gasteiger charge is -2.24. The van der Waals surface area contributed by atoms with E-state index >= 15 is 0 Å². The van der Waals surface area contributed by atoms with Gasteiger partial charge in [0.25, 0.3) is 0 Å². The third kappa shape index (κ3) is 9.32. The molecule has 1 rings (SSSR count). The summed E-state index contributed by atoms with van der Waals surface area (Å²) < 4.78 is 0. The molecular weight excluding hydrogens is 425 g/mol. The zero-order valence-electron chi connectivity index (χ0n) is 14.5. The molecular formula is C16H29ClIN5. The van der Waals surface area contributed by atoms with Crippen LogP contribution in [0.1, 0.15) is 25.8 Å². The van der Waals surface area contributed by atoms with Crippen molar-refractivity contribution in [2.75, 3.05) is 33.7 Å². The first-order chi connectivity index (χ1) is 10.6. The van der Waals surface area contributed by atoms with E-state index in [4.69, 9.17) is 11.6 Å². The highest BCUT2D eigenvalue weighted by Crippen LogP contribution is 2.05. The largest absolute Gasteiger partial charge is 0.356 e. The van der Waals surface area contributed by atoms with Crippen molar-refractivity contribution in [2.24, 2.45) is 4.99 Å². The van der Waals surface area contributed by atoms with Crippen LogP contribution in [-0.4, -0.2) is 55.6 Å². The van der Waals surface area contributed by atoms with Gasteiger partial charge < -0.3 is 15.5 Å². The van der Waals surface area contributed by atoms with E-state index in [1.54, 1.807) is 13.2 Å². The number of aromatic nitrogens is 1. The highest BCUT2D eigenvalue weighted by Gasteiger charge is 2.06. The maximum atomic E-state index is 5.77. The van der Waals surface area contributed by atoms with E-state index in [1.165, 1.54) is 6.42 Å². The van der Waals surface area contributed by atoms with Crippen LogP contribution in [0.25, 0.3) is 0 Å². The van der Waals surface area contributed by atoms with Gasteiger partial charge in [-0.15, -0.1) is 24.0 Å². The molecule has 132 valence electrons. The zero-order valence-corrected chi connectivity index (χ0v) is 17.6. The third-order valence-electron chi connectivity index (χ3n) is 3.82. The number of nitrogens with one attached hydrogen (secondary N) is 2. The summed E-state index contributed by atoms with van der Waals surface area (Å²) in [6.45, 7) is 7.14. The van der Waals surface area contributed by atoms with E-state index in [9.17, 15) is 0 Å². The Morgan fingerprint density at radius 1 is 1.35 bits per heavy atom. The zero-order chi connectivity index (χ0) is 16.4. The first-order valence-corrected chi connectivity index (χ1v) is 8.19. The quantitative estimate of drug-likeness (QED) is 0.275. The number of hydrogen-bond acceptors (Lipinski definition) is 3. The SMILES string of the molecule is CCC(C)N(C)CCNC(=NC)NCCc1ccc(Cl)nc1.I. The Labute approximate surface area is 162 Å². The van der Waals surface area contributed by atoms with Gasteiger partial charge in [0.2, 0.25) is 0 Å². The van der Waals surface area contributed by atoms with Crippen LogP contribution in [0.5, 0.6) is 0 Å². The number of likely N-dealkylation sites (N-methyl/N-ethyl adjacent to an activating group) is 1. The highest BCUT2D eigenvalue weighted by molar-refractivity contribution is 14.0. The monoisotopic (exact) mass is 453 g/mol. The fourth-order valence-corrected chi connectivity index (χ4v) is 2.09. The molecule has 0 saturated carbocycles. The lowest BCUT2D eigenvalue weighted by Crippen LogP contribution is -2.42. The Bertz CT molecular complexity index is 452. The summed E-state index contributed by atoms with van der Waals surface area (Å²) in [4.78, 5) is 10.7. The average Bonchev–Trinajstić information content (AvgIpc) is 2.54. The van der Waals surface area contributed by atoms with Gasteiger partial charge in [0.1, 0.15) is 5.15 Å². The van der Waals surface area contributed by atoms with Gasteiger partial charge in [-0.2, -0.15) is 0 Å². The van der Waals surface area contributed by atoms with Crippen molar-refractivity contribution in [1.82, 2.24) is 20.5 Å². The summed E-state index contributed by atoms with van der Waals surface area (Å²) in [6, 6.07) is 4.41. The van der Waals surface area contributed by atoms with Crippen LogP contribution < -0.4 is 10.6 Å². The molecule has 0 aliphatic rings. The Kier molecular flexibility index (Phi) is 12.4. The molecule has 7 heteroatoms. The van der Waals surface area contributed by atoms with Crippen LogP contribution in [0.3, 0.4) is 0 Å². The number of aliphatic imine (C=N–C) groups is 1. The van der Waals surface area contributed by atoms with E-state index in [2.05, 4.69) is 46.4 Å². The predicted molar refractivity (Wildman–Crippen MR) is 110 cm³/mol. The minimum absolute atomic E-state index is 0. The molecule has 23 heavy (non-hydrogen) atoms. The second-order valence-corrected chi connectivity index (χ2v) is 5.79. The van der Waals surface area contributed by atoms with Crippen molar-refractivity contribution in [1.29, 1.82) is 0 Å². The molecule has 0 saturated heterocycles. The second-order valence-electron chi connectivity index (χ2n) is 5.40. The van der Waals surface area contributed by atoms with E-state index < -0.39 is 0 Å². The standard InChI is InChI=1S/C16H28ClN5.HI/c1-5-13(2)22(4)11-10-20-16(18-3)19-9-8-14-6-7-15(17)21-12-14;/h6-7,12-13H,5,8-11H2,1-4H3,(H2,18,19,20);1H. The summed E-state index contributed by atoms with van der Waals surface area (Å²) in [5.41, 5.74) is 1.16. The topological polar surface area (TPSA) is 52.5 Å². The van der Waals surface area contributed by atoms with Gasteiger partial charge in [-0.05, 0) is 38.4 Å². The predicted octanol–water partition coefficient (Wildman–Crippen LogP) is 2.79. The van der Waals surface area contributed by atoms with Crippen LogP contribution in [-0.2, 0) is 6.42 Å². The smallest absolute Gasteiger partial charge is 0.191 e. The number of pyridine rings is 1. The van der Waals surface area contributed by atoms with Crippen LogP contribution in [0.2, 0.25) is 5.15 Å². The summed E-state index contributed by atoms with van der Waals surface area (Å²) in [5, 5.41) is 7.17. The van der Waals surface area contributed by atoms with Gasteiger partial charge in [-0.3, -0.25) is 4.99 Å². The van der Waals surface area contributed by atoms with Gasteiger partial charge in [0, 0.05) is 38.9 Å². The molecule has 1 atom stereocenters. The maximum absolute atomic E-state index is 5.77. The molecule has 1 aromatic rings. The Morgan fingerprint density at radius 3 is 2.61 bits per heavy atom. The lowest BCUT2D eigenvalue weighted by atomic mass is 10.2. The minimum Gasteiger partial charge on any atom is -0.356 e. The Morgan fingerprint density at radius 2 is 2.04 bits per heavy atom. The van der Waals surface area contributed by atoms with Crippen molar-refractivity contribution in [3.8, 4) is 0 Å². The van der Waals surface area contributed by atoms with Crippen LogP contribution in [0.4, 0.5) is 0 Å². The minimum atomic E-state index is 0. The molecule has 0 radical (unpaired) electrons. The van der Waals surface area contributed by atoms with Gasteiger partial charge in [-0.25, -0.2) is 4.98 Å². The summed E-state index contributed by atoms with van der Waals surface area (Å²) in [7, 11) is 3.94. The number of guanidine groups is 1. The molecule has 1 unspecified atom stereocenters. The average molecular weight is 454 g/mol. The van der Waals surface area contributed by atoms with Gasteiger partial charge in [0.15, 0.2) is 5.96 Å². The van der Waals surface area contributed by atoms with Crippen molar-refractivity contribution in [3.63, 3.8) is 0 Å². The molecule has 0 aliphatic carbocycles. The van der Waals surface area contributed by atoms with Gasteiger partial charge in [0.05, 0.1) is 0 Å². The van der Waals surface area contributed by atoms with Crippen molar-refractivity contribution in [3.05, 3.63) is 29.0 Å². The van der Waals surface area contributed by atoms with Crippen molar-refractivity contribution < 1.29 is 0 Å². The molecule has 0 amide bonds. The molecule has 1 heterocycles. The number of halogens is 2. The molecule has 2 N–H and O–H groups in total. The first-order valence-electron chi connectivity index (χ1n) is 7.82. The second kappa shape index (κ2) is 12.8. The van der Waals surface area contributed by atoms with E-state index in [1.807, 2.05) is 12.1 Å². The molecule has 5 nitrogen and oxygen atoms in total. The fraction of sp³-hybridized carbons (Fsp3) is 0.625. The number of rotatable bonds is 8. The lowest BCUT2D eigenvalue weighted by molar-refractivity contribution is 0.255. The van der Waals surface area contributed by atoms with Crippen LogP contribution in [0.15, 0.2) is 23.3 Å². The van der Waals surface area contributed by atoms with Gasteiger partial charge >= 0.3 is 0 Å². The maximum Gasteiger partial charge on any atom is 0.191 e. The first kappa shape index (κ1) is 22.4. The molecule has 0 aliphatic heterocycles. The molecule has 1 aromatic heterocycles. The van der Waals surface area contributed by atoms with Crippen molar-refractivity contribution in [2.45, 2.75) is 32.7 Å². The van der Waals surface area contributed by atoms with Crippen LogP contribution in [0, 0.1) is 0 Å². The fourth-order valence-electron chi connectivity index (χ4n) is 1.98. The van der Waals surface area contributed by atoms with E-state index in [0.717, 1.165) is 37.6 Å². The summed E-state index contributed by atoms with van der Waals surface area (Å²) in [6.07, 6.45) is 3.86. The van der Waals surface area contributed by atoms with Crippen molar-refractivity contribution >= 4 is 41.5 Å². The van der Waals surface area contributed by atoms with Crippen LogP contribution >= 0.6 is 35.6 Å². The molecule has 0 bridgehead atoms. The van der Waals surface area contributed by atoms with E-state index in [0.29, 0.717) is 11.2 Å². The Balaban J connectivity index is 0.00000484.